The van der Waals surface area contributed by atoms with Crippen LogP contribution in [-0.2, 0) is 6.42 Å². The van der Waals surface area contributed by atoms with Crippen LogP contribution in [0.15, 0.2) is 35.7 Å². The highest BCUT2D eigenvalue weighted by molar-refractivity contribution is 7.14. The van der Waals surface area contributed by atoms with Gasteiger partial charge >= 0.3 is 0 Å². The summed E-state index contributed by atoms with van der Waals surface area (Å²) < 4.78 is 0. The molecule has 1 amide bonds. The zero-order valence-corrected chi connectivity index (χ0v) is 12.0. The molecule has 1 aromatic heterocycles. The molecule has 0 aliphatic heterocycles. The molecule has 1 aromatic carbocycles. The van der Waals surface area contributed by atoms with E-state index in [9.17, 15) is 4.79 Å². The van der Waals surface area contributed by atoms with E-state index < -0.39 is 0 Å². The smallest absolute Gasteiger partial charge is 0.256 e. The van der Waals surface area contributed by atoms with Crippen LogP contribution in [0.5, 0.6) is 0 Å². The number of carbonyl (C=O) groups is 1. The molecule has 0 radical (unpaired) electrons. The summed E-state index contributed by atoms with van der Waals surface area (Å²) in [5.74, 6) is -0.171. The number of nitriles is 1. The number of thiophene rings is 1. The Balaban J connectivity index is 2.19. The minimum absolute atomic E-state index is 0.171. The first-order chi connectivity index (χ1) is 9.76. The normalized spacial score (nSPS) is 10.0. The fourth-order valence-corrected chi connectivity index (χ4v) is 2.62. The van der Waals surface area contributed by atoms with Gasteiger partial charge in [-0.05, 0) is 43.1 Å². The molecule has 0 saturated heterocycles. The van der Waals surface area contributed by atoms with Crippen LogP contribution in [0, 0.1) is 11.3 Å². The van der Waals surface area contributed by atoms with E-state index in [1.54, 1.807) is 17.5 Å². The maximum absolute atomic E-state index is 12.3. The minimum atomic E-state index is -0.171. The van der Waals surface area contributed by atoms with Crippen molar-refractivity contribution in [3.8, 4) is 6.07 Å². The lowest BCUT2D eigenvalue weighted by Gasteiger charge is -2.09. The average Bonchev–Trinajstić information content (AvgIpc) is 2.92. The summed E-state index contributed by atoms with van der Waals surface area (Å²) in [7, 11) is 1.88. The number of likely N-dealkylation sites (N-methyl/N-ethyl adjacent to an activating group) is 1. The van der Waals surface area contributed by atoms with Crippen molar-refractivity contribution in [2.24, 2.45) is 0 Å². The fourth-order valence-electron chi connectivity index (χ4n) is 1.88. The van der Waals surface area contributed by atoms with Gasteiger partial charge in [-0.3, -0.25) is 4.79 Å². The average molecular weight is 285 g/mol. The van der Waals surface area contributed by atoms with Gasteiger partial charge in [0.25, 0.3) is 5.91 Å². The van der Waals surface area contributed by atoms with Crippen LogP contribution in [0.1, 0.15) is 21.5 Å². The molecule has 1 heterocycles. The Morgan fingerprint density at radius 3 is 2.90 bits per heavy atom. The maximum atomic E-state index is 12.3. The van der Waals surface area contributed by atoms with Crippen molar-refractivity contribution >= 4 is 22.2 Å². The Morgan fingerprint density at radius 2 is 2.15 bits per heavy atom. The first kappa shape index (κ1) is 14.3. The predicted molar refractivity (Wildman–Crippen MR) is 81.1 cm³/mol. The highest BCUT2D eigenvalue weighted by Crippen LogP contribution is 2.23. The summed E-state index contributed by atoms with van der Waals surface area (Å²) in [6.45, 7) is 0.812. The molecular formula is C15H15N3OS. The van der Waals surface area contributed by atoms with Gasteiger partial charge in [0, 0.05) is 5.56 Å². The van der Waals surface area contributed by atoms with Crippen molar-refractivity contribution in [3.63, 3.8) is 0 Å². The van der Waals surface area contributed by atoms with Gasteiger partial charge < -0.3 is 10.6 Å². The van der Waals surface area contributed by atoms with E-state index in [0.717, 1.165) is 18.5 Å². The van der Waals surface area contributed by atoms with Crippen molar-refractivity contribution in [1.82, 2.24) is 5.32 Å². The predicted octanol–water partition coefficient (Wildman–Crippen LogP) is 2.63. The van der Waals surface area contributed by atoms with Crippen LogP contribution in [0.3, 0.4) is 0 Å². The largest absolute Gasteiger partial charge is 0.319 e. The van der Waals surface area contributed by atoms with Gasteiger partial charge in [-0.2, -0.15) is 5.26 Å². The third-order valence-electron chi connectivity index (χ3n) is 2.92. The third-order valence-corrected chi connectivity index (χ3v) is 3.75. The van der Waals surface area contributed by atoms with Crippen molar-refractivity contribution in [1.29, 1.82) is 5.26 Å². The lowest BCUT2D eigenvalue weighted by molar-refractivity contribution is 0.102. The molecule has 0 aliphatic carbocycles. The number of hydrogen-bond donors (Lipinski definition) is 2. The quantitative estimate of drug-likeness (QED) is 0.887. The van der Waals surface area contributed by atoms with E-state index >= 15 is 0 Å². The second-order valence-electron chi connectivity index (χ2n) is 4.24. The third kappa shape index (κ3) is 3.23. The molecule has 0 bridgehead atoms. The van der Waals surface area contributed by atoms with Gasteiger partial charge in [0.15, 0.2) is 0 Å². The van der Waals surface area contributed by atoms with Gasteiger partial charge in [-0.25, -0.2) is 0 Å². The Labute approximate surface area is 122 Å². The van der Waals surface area contributed by atoms with Crippen molar-refractivity contribution < 1.29 is 4.79 Å². The molecule has 0 unspecified atom stereocenters. The maximum Gasteiger partial charge on any atom is 0.256 e. The first-order valence-corrected chi connectivity index (χ1v) is 7.15. The van der Waals surface area contributed by atoms with E-state index in [1.165, 1.54) is 11.3 Å². The minimum Gasteiger partial charge on any atom is -0.319 e. The van der Waals surface area contributed by atoms with Crippen LogP contribution in [-0.4, -0.2) is 19.5 Å². The Morgan fingerprint density at radius 1 is 1.35 bits per heavy atom. The molecule has 20 heavy (non-hydrogen) atoms. The molecule has 2 N–H and O–H groups in total. The molecule has 0 atom stereocenters. The summed E-state index contributed by atoms with van der Waals surface area (Å²) in [5, 5.41) is 17.2. The van der Waals surface area contributed by atoms with E-state index in [-0.39, 0.29) is 5.91 Å². The van der Waals surface area contributed by atoms with E-state index in [1.807, 2.05) is 25.2 Å². The van der Waals surface area contributed by atoms with E-state index in [2.05, 4.69) is 16.7 Å². The summed E-state index contributed by atoms with van der Waals surface area (Å²) in [4.78, 5) is 12.3. The number of rotatable bonds is 5. The summed E-state index contributed by atoms with van der Waals surface area (Å²) in [5.41, 5.74) is 2.14. The zero-order valence-electron chi connectivity index (χ0n) is 11.1. The zero-order chi connectivity index (χ0) is 14.4. The summed E-state index contributed by atoms with van der Waals surface area (Å²) >= 11 is 1.35. The van der Waals surface area contributed by atoms with Crippen LogP contribution in [0.4, 0.5) is 5.00 Å². The number of nitrogens with one attached hydrogen (secondary N) is 2. The van der Waals surface area contributed by atoms with E-state index in [0.29, 0.717) is 16.1 Å². The first-order valence-electron chi connectivity index (χ1n) is 6.27. The Bertz CT molecular complexity index is 643. The highest BCUT2D eigenvalue weighted by atomic mass is 32.1. The molecule has 5 heteroatoms. The molecule has 4 nitrogen and oxygen atoms in total. The second kappa shape index (κ2) is 6.85. The van der Waals surface area contributed by atoms with Crippen molar-refractivity contribution in [3.05, 3.63) is 52.4 Å². The van der Waals surface area contributed by atoms with Gasteiger partial charge in [-0.15, -0.1) is 11.3 Å². The summed E-state index contributed by atoms with van der Waals surface area (Å²) in [6, 6.07) is 11.3. The number of amides is 1. The molecule has 0 fully saturated rings. The molecule has 0 spiro atoms. The van der Waals surface area contributed by atoms with Gasteiger partial charge in [0.2, 0.25) is 0 Å². The molecule has 0 aliphatic rings. The number of carbonyl (C=O) groups excluding carboxylic acids is 1. The van der Waals surface area contributed by atoms with Crippen molar-refractivity contribution in [2.75, 3.05) is 18.9 Å². The molecule has 2 aromatic rings. The number of benzene rings is 1. The van der Waals surface area contributed by atoms with Crippen LogP contribution < -0.4 is 10.6 Å². The standard InChI is InChI=1S/C15H15N3OS/c1-17-8-6-11-4-2-3-5-13(11)14(19)18-15-12(10-16)7-9-20-15/h2-5,7,9,17H,6,8H2,1H3,(H,18,19). The Hall–Kier alpha value is -2.16. The number of nitrogens with zero attached hydrogens (tertiary/aromatic N) is 1. The number of anilines is 1. The van der Waals surface area contributed by atoms with Crippen molar-refractivity contribution in [2.45, 2.75) is 6.42 Å². The molecule has 102 valence electrons. The lowest BCUT2D eigenvalue weighted by atomic mass is 10.0. The van der Waals surface area contributed by atoms with Crippen LogP contribution in [0.2, 0.25) is 0 Å². The van der Waals surface area contributed by atoms with Crippen LogP contribution >= 0.6 is 11.3 Å². The fraction of sp³-hybridized carbons (Fsp3) is 0.200. The topological polar surface area (TPSA) is 64.9 Å². The van der Waals surface area contributed by atoms with Crippen LogP contribution in [0.25, 0.3) is 0 Å². The number of hydrogen-bond acceptors (Lipinski definition) is 4. The summed E-state index contributed by atoms with van der Waals surface area (Å²) in [6.07, 6.45) is 0.787. The lowest BCUT2D eigenvalue weighted by Crippen LogP contribution is -2.17. The molecule has 0 saturated carbocycles. The second-order valence-corrected chi connectivity index (χ2v) is 5.16. The SMILES string of the molecule is CNCCc1ccccc1C(=O)Nc1sccc1C#N. The molecule has 2 rings (SSSR count). The van der Waals surface area contributed by atoms with Gasteiger partial charge in [0.1, 0.15) is 11.1 Å². The highest BCUT2D eigenvalue weighted by Gasteiger charge is 2.13. The van der Waals surface area contributed by atoms with Gasteiger partial charge in [0.05, 0.1) is 5.56 Å². The Kier molecular flexibility index (Phi) is 4.88. The molecular weight excluding hydrogens is 270 g/mol. The van der Waals surface area contributed by atoms with Gasteiger partial charge in [-0.1, -0.05) is 18.2 Å². The van der Waals surface area contributed by atoms with E-state index in [4.69, 9.17) is 5.26 Å². The monoisotopic (exact) mass is 285 g/mol.